The Kier molecular flexibility index (Phi) is 8.46. The number of Topliss-reactive ketones (excluding diaryl/α,β-unsaturated/α-hetero) is 1. The number of aryl methyl sites for hydroxylation is 1. The van der Waals surface area contributed by atoms with Gasteiger partial charge in [-0.15, -0.1) is 0 Å². The van der Waals surface area contributed by atoms with Gasteiger partial charge in [0.05, 0.1) is 29.8 Å². The van der Waals surface area contributed by atoms with Crippen LogP contribution in [0.15, 0.2) is 78.0 Å². The fraction of sp³-hybridized carbons (Fsp3) is 0.419. The molecule has 0 saturated carbocycles. The molecule has 0 aliphatic carbocycles. The summed E-state index contributed by atoms with van der Waals surface area (Å²) >= 11 is 0. The standard InChI is InChI=1S/C31H33F3N2O5S/c1-3-8-25-18-26(37)29(27(40-25)15-13-21-9-5-4-6-10-21)30(20(2)41-30)22-11-7-12-24(17-22)36-42(38,39)28-16-14-23(19-35-28)31(32,33)34/h4-7,9-12,14,16-17,19-20,25,27,29,36H,3,8,13,15,18H2,1-2H3/t20?,25-,27?,29?,30?/m0/s1. The van der Waals surface area contributed by atoms with Crippen molar-refractivity contribution in [3.63, 3.8) is 0 Å². The van der Waals surface area contributed by atoms with Gasteiger partial charge in [-0.1, -0.05) is 55.8 Å². The van der Waals surface area contributed by atoms with E-state index in [1.807, 2.05) is 37.3 Å². The molecule has 5 rings (SSSR count). The average Bonchev–Trinajstić information content (AvgIpc) is 3.63. The number of benzene rings is 2. The van der Waals surface area contributed by atoms with Crippen molar-refractivity contribution < 1.29 is 35.9 Å². The van der Waals surface area contributed by atoms with Gasteiger partial charge in [0, 0.05) is 18.3 Å². The van der Waals surface area contributed by atoms with Crippen molar-refractivity contribution in [2.75, 3.05) is 4.72 Å². The Morgan fingerprint density at radius 1 is 1.05 bits per heavy atom. The van der Waals surface area contributed by atoms with Gasteiger partial charge in [0.15, 0.2) is 5.03 Å². The van der Waals surface area contributed by atoms with Crippen molar-refractivity contribution in [2.45, 2.75) is 81.1 Å². The number of halogens is 3. The number of rotatable bonds is 10. The highest BCUT2D eigenvalue weighted by molar-refractivity contribution is 7.92. The van der Waals surface area contributed by atoms with Crippen LogP contribution in [-0.4, -0.2) is 37.5 Å². The molecule has 0 spiro atoms. The molecule has 0 amide bonds. The lowest BCUT2D eigenvalue weighted by atomic mass is 9.73. The van der Waals surface area contributed by atoms with Crippen LogP contribution in [0.2, 0.25) is 0 Å². The summed E-state index contributed by atoms with van der Waals surface area (Å²) in [6.45, 7) is 3.93. The molecule has 1 aromatic heterocycles. The summed E-state index contributed by atoms with van der Waals surface area (Å²) in [5, 5.41) is -0.551. The summed E-state index contributed by atoms with van der Waals surface area (Å²) in [4.78, 5) is 17.3. The Morgan fingerprint density at radius 3 is 2.40 bits per heavy atom. The highest BCUT2D eigenvalue weighted by Crippen LogP contribution is 2.56. The summed E-state index contributed by atoms with van der Waals surface area (Å²) < 4.78 is 79.8. The number of alkyl halides is 3. The van der Waals surface area contributed by atoms with E-state index in [4.69, 9.17) is 9.47 Å². The Hall–Kier alpha value is -3.28. The number of carbonyl (C=O) groups excluding carboxylic acids is 1. The van der Waals surface area contributed by atoms with E-state index in [0.717, 1.165) is 30.9 Å². The van der Waals surface area contributed by atoms with Crippen molar-refractivity contribution in [2.24, 2.45) is 5.92 Å². The molecular weight excluding hydrogens is 569 g/mol. The lowest BCUT2D eigenvalue weighted by Gasteiger charge is -2.39. The van der Waals surface area contributed by atoms with Crippen LogP contribution in [0.25, 0.3) is 0 Å². The normalized spacial score (nSPS) is 26.2. The van der Waals surface area contributed by atoms with E-state index in [0.29, 0.717) is 24.2 Å². The number of carbonyl (C=O) groups is 1. The molecule has 4 unspecified atom stereocenters. The number of hydrogen-bond acceptors (Lipinski definition) is 6. The Morgan fingerprint density at radius 2 is 1.79 bits per heavy atom. The number of aromatic nitrogens is 1. The minimum Gasteiger partial charge on any atom is -0.374 e. The zero-order valence-electron chi connectivity index (χ0n) is 23.3. The minimum atomic E-state index is -4.64. The number of ketones is 1. The molecule has 0 radical (unpaired) electrons. The molecule has 5 atom stereocenters. The lowest BCUT2D eigenvalue weighted by molar-refractivity contribution is -0.154. The predicted octanol–water partition coefficient (Wildman–Crippen LogP) is 6.29. The van der Waals surface area contributed by atoms with E-state index in [9.17, 15) is 26.4 Å². The zero-order chi connectivity index (χ0) is 30.1. The third kappa shape index (κ3) is 6.23. The number of epoxide rings is 1. The molecule has 7 nitrogen and oxygen atoms in total. The number of ether oxygens (including phenoxy) is 2. The summed E-state index contributed by atoms with van der Waals surface area (Å²) in [6.07, 6.45) is -1.75. The molecule has 3 aromatic rings. The van der Waals surface area contributed by atoms with Crippen molar-refractivity contribution in [3.8, 4) is 0 Å². The van der Waals surface area contributed by atoms with Gasteiger partial charge >= 0.3 is 6.18 Å². The van der Waals surface area contributed by atoms with E-state index < -0.39 is 44.4 Å². The Labute approximate surface area is 243 Å². The van der Waals surface area contributed by atoms with Crippen LogP contribution in [0, 0.1) is 5.92 Å². The van der Waals surface area contributed by atoms with Crippen LogP contribution in [0.1, 0.15) is 56.2 Å². The third-order valence-electron chi connectivity index (χ3n) is 7.97. The van der Waals surface area contributed by atoms with Gasteiger partial charge in [-0.3, -0.25) is 9.52 Å². The van der Waals surface area contributed by atoms with Gasteiger partial charge in [0.1, 0.15) is 11.4 Å². The van der Waals surface area contributed by atoms with E-state index in [2.05, 4.69) is 16.6 Å². The fourth-order valence-electron chi connectivity index (χ4n) is 5.94. The van der Waals surface area contributed by atoms with Crippen molar-refractivity contribution in [1.29, 1.82) is 0 Å². The first-order valence-corrected chi connectivity index (χ1v) is 15.5. The molecule has 2 aromatic carbocycles. The molecule has 0 bridgehead atoms. The van der Waals surface area contributed by atoms with Crippen LogP contribution in [0.4, 0.5) is 18.9 Å². The van der Waals surface area contributed by atoms with Crippen LogP contribution in [0.5, 0.6) is 0 Å². The number of nitrogens with one attached hydrogen (secondary N) is 1. The quantitative estimate of drug-likeness (QED) is 0.274. The monoisotopic (exact) mass is 602 g/mol. The van der Waals surface area contributed by atoms with Crippen molar-refractivity contribution in [3.05, 3.63) is 89.6 Å². The molecule has 11 heteroatoms. The molecule has 42 heavy (non-hydrogen) atoms. The number of nitrogens with zero attached hydrogens (tertiary/aromatic N) is 1. The van der Waals surface area contributed by atoms with E-state index in [1.54, 1.807) is 18.2 Å². The molecule has 2 aliphatic heterocycles. The van der Waals surface area contributed by atoms with Gasteiger partial charge in [0.2, 0.25) is 0 Å². The summed E-state index contributed by atoms with van der Waals surface area (Å²) in [5.41, 5.74) is -0.116. The van der Waals surface area contributed by atoms with Gasteiger partial charge in [0.25, 0.3) is 10.0 Å². The molecule has 3 heterocycles. The topological polar surface area (TPSA) is 97.9 Å². The first-order valence-electron chi connectivity index (χ1n) is 14.0. The first kappa shape index (κ1) is 30.2. The van der Waals surface area contributed by atoms with Crippen LogP contribution >= 0.6 is 0 Å². The maximum atomic E-state index is 13.7. The second kappa shape index (κ2) is 11.8. The second-order valence-electron chi connectivity index (χ2n) is 10.9. The highest BCUT2D eigenvalue weighted by Gasteiger charge is 2.65. The highest BCUT2D eigenvalue weighted by atomic mass is 32.2. The van der Waals surface area contributed by atoms with Gasteiger partial charge in [-0.05, 0) is 61.6 Å². The largest absolute Gasteiger partial charge is 0.417 e. The van der Waals surface area contributed by atoms with Crippen molar-refractivity contribution in [1.82, 2.24) is 4.98 Å². The van der Waals surface area contributed by atoms with E-state index in [-0.39, 0.29) is 30.1 Å². The maximum Gasteiger partial charge on any atom is 0.417 e. The van der Waals surface area contributed by atoms with Crippen LogP contribution in [-0.2, 0) is 42.5 Å². The van der Waals surface area contributed by atoms with E-state index in [1.165, 1.54) is 6.07 Å². The smallest absolute Gasteiger partial charge is 0.374 e. The Bertz CT molecular complexity index is 1520. The fourth-order valence-corrected chi connectivity index (χ4v) is 6.92. The van der Waals surface area contributed by atoms with E-state index >= 15 is 0 Å². The minimum absolute atomic E-state index is 0.0575. The maximum absolute atomic E-state index is 13.7. The molecule has 2 saturated heterocycles. The van der Waals surface area contributed by atoms with Crippen LogP contribution < -0.4 is 4.72 Å². The summed E-state index contributed by atoms with van der Waals surface area (Å²) in [6, 6.07) is 18.0. The summed E-state index contributed by atoms with van der Waals surface area (Å²) in [7, 11) is -4.29. The van der Waals surface area contributed by atoms with Gasteiger partial charge in [-0.25, -0.2) is 4.98 Å². The molecule has 1 N–H and O–H groups in total. The number of anilines is 1. The lowest BCUT2D eigenvalue weighted by Crippen LogP contribution is -2.48. The molecule has 224 valence electrons. The molecular formula is C31H33F3N2O5S. The van der Waals surface area contributed by atoms with Crippen molar-refractivity contribution >= 4 is 21.5 Å². The first-order chi connectivity index (χ1) is 19.9. The average molecular weight is 603 g/mol. The number of sulfonamides is 1. The second-order valence-corrected chi connectivity index (χ2v) is 12.5. The SMILES string of the molecule is CCC[C@H]1CC(=O)C(C2(c3cccc(NS(=O)(=O)c4ccc(C(F)(F)F)cn4)c3)OC2C)C(CCc2ccccc2)O1. The predicted molar refractivity (Wildman–Crippen MR) is 150 cm³/mol. The number of pyridine rings is 1. The zero-order valence-corrected chi connectivity index (χ0v) is 24.1. The molecule has 2 aliphatic rings. The summed E-state index contributed by atoms with van der Waals surface area (Å²) in [5.74, 6) is -0.533. The van der Waals surface area contributed by atoms with Gasteiger partial charge in [-0.2, -0.15) is 21.6 Å². The van der Waals surface area contributed by atoms with Gasteiger partial charge < -0.3 is 9.47 Å². The number of hydrogen-bond donors (Lipinski definition) is 1. The van der Waals surface area contributed by atoms with Crippen LogP contribution in [0.3, 0.4) is 0 Å². The molecule has 2 fully saturated rings. The third-order valence-corrected chi connectivity index (χ3v) is 9.27. The Balaban J connectivity index is 1.41.